The fraction of sp³-hybridized carbons (Fsp3) is 0.111. The van der Waals surface area contributed by atoms with E-state index in [2.05, 4.69) is 16.9 Å². The van der Waals surface area contributed by atoms with Gasteiger partial charge in [-0.3, -0.25) is 19.7 Å². The molecule has 0 radical (unpaired) electrons. The van der Waals surface area contributed by atoms with Gasteiger partial charge < -0.3 is 10.3 Å². The summed E-state index contributed by atoms with van der Waals surface area (Å²) < 4.78 is 0. The Bertz CT molecular complexity index is 492. The fourth-order valence-corrected chi connectivity index (χ4v) is 1.01. The molecule has 0 saturated heterocycles. The van der Waals surface area contributed by atoms with Gasteiger partial charge in [0.2, 0.25) is 0 Å². The maximum atomic E-state index is 11.4. The second kappa shape index (κ2) is 4.87. The molecule has 1 heterocycles. The van der Waals surface area contributed by atoms with Crippen LogP contribution in [0.5, 0.6) is 0 Å². The molecule has 0 saturated carbocycles. The van der Waals surface area contributed by atoms with Crippen LogP contribution < -0.4 is 10.9 Å². The Kier molecular flexibility index (Phi) is 3.54. The molecule has 0 bridgehead atoms. The largest absolute Gasteiger partial charge is 0.348 e. The predicted molar refractivity (Wildman–Crippen MR) is 56.2 cm³/mol. The maximum Gasteiger partial charge on any atom is 0.286 e. The molecule has 0 aliphatic heterocycles. The first-order valence-corrected chi connectivity index (χ1v) is 4.32. The first-order chi connectivity index (χ1) is 7.56. The van der Waals surface area contributed by atoms with E-state index in [0.29, 0.717) is 0 Å². The Balaban J connectivity index is 3.07. The first-order valence-electron chi connectivity index (χ1n) is 4.32. The van der Waals surface area contributed by atoms with E-state index < -0.39 is 16.4 Å². The lowest BCUT2D eigenvalue weighted by Gasteiger charge is -2.00. The van der Waals surface area contributed by atoms with Crippen LogP contribution >= 0.6 is 0 Å². The summed E-state index contributed by atoms with van der Waals surface area (Å²) in [5.41, 5.74) is -1.31. The van der Waals surface area contributed by atoms with Gasteiger partial charge >= 0.3 is 0 Å². The molecule has 7 heteroatoms. The Labute approximate surface area is 89.9 Å². The van der Waals surface area contributed by atoms with E-state index >= 15 is 0 Å². The summed E-state index contributed by atoms with van der Waals surface area (Å²) in [6.07, 6.45) is 2.37. The van der Waals surface area contributed by atoms with Crippen LogP contribution in [0.2, 0.25) is 0 Å². The van der Waals surface area contributed by atoms with Gasteiger partial charge in [-0.1, -0.05) is 6.08 Å². The zero-order valence-corrected chi connectivity index (χ0v) is 8.23. The highest BCUT2D eigenvalue weighted by Crippen LogP contribution is 2.07. The van der Waals surface area contributed by atoms with Crippen LogP contribution in [0, 0.1) is 10.1 Å². The Morgan fingerprint density at radius 1 is 1.69 bits per heavy atom. The number of H-pyrrole nitrogens is 1. The number of carbonyl (C=O) groups is 1. The minimum Gasteiger partial charge on any atom is -0.348 e. The van der Waals surface area contributed by atoms with Gasteiger partial charge in [0.15, 0.2) is 0 Å². The summed E-state index contributed by atoms with van der Waals surface area (Å²) >= 11 is 0. The Hall–Kier alpha value is -2.44. The molecule has 1 aromatic heterocycles. The number of rotatable bonds is 4. The molecule has 0 atom stereocenters. The van der Waals surface area contributed by atoms with Crippen LogP contribution in [0.3, 0.4) is 0 Å². The fourth-order valence-electron chi connectivity index (χ4n) is 1.01. The molecule has 0 aliphatic rings. The van der Waals surface area contributed by atoms with E-state index in [-0.39, 0.29) is 17.8 Å². The van der Waals surface area contributed by atoms with Gasteiger partial charge in [0, 0.05) is 12.6 Å². The topological polar surface area (TPSA) is 105 Å². The summed E-state index contributed by atoms with van der Waals surface area (Å²) in [5, 5.41) is 12.8. The summed E-state index contributed by atoms with van der Waals surface area (Å²) in [4.78, 5) is 34.5. The highest BCUT2D eigenvalue weighted by atomic mass is 16.6. The molecule has 1 rings (SSSR count). The number of hydrogen-bond acceptors (Lipinski definition) is 4. The average molecular weight is 223 g/mol. The van der Waals surface area contributed by atoms with E-state index in [9.17, 15) is 19.7 Å². The standard InChI is InChI=1S/C9H9N3O4/c1-2-3-10-8(13)7-4-6(12(15)16)5-11-9(7)14/h2,4-5H,1,3H2,(H,10,13)(H,11,14). The van der Waals surface area contributed by atoms with Crippen molar-refractivity contribution in [2.24, 2.45) is 0 Å². The van der Waals surface area contributed by atoms with Gasteiger partial charge in [0.25, 0.3) is 17.2 Å². The number of nitro groups is 1. The molecule has 7 nitrogen and oxygen atoms in total. The van der Waals surface area contributed by atoms with Crippen molar-refractivity contribution in [3.8, 4) is 0 Å². The summed E-state index contributed by atoms with van der Waals surface area (Å²) in [7, 11) is 0. The smallest absolute Gasteiger partial charge is 0.286 e. The normalized spacial score (nSPS) is 9.50. The number of carbonyl (C=O) groups excluding carboxylic acids is 1. The molecule has 0 spiro atoms. The van der Waals surface area contributed by atoms with Crippen LogP contribution in [-0.4, -0.2) is 22.4 Å². The molecular weight excluding hydrogens is 214 g/mol. The number of aromatic amines is 1. The molecule has 16 heavy (non-hydrogen) atoms. The van der Waals surface area contributed by atoms with Crippen molar-refractivity contribution in [3.05, 3.63) is 50.9 Å². The van der Waals surface area contributed by atoms with Crippen LogP contribution in [0.25, 0.3) is 0 Å². The highest BCUT2D eigenvalue weighted by molar-refractivity contribution is 5.94. The van der Waals surface area contributed by atoms with Crippen molar-refractivity contribution in [3.63, 3.8) is 0 Å². The van der Waals surface area contributed by atoms with Gasteiger partial charge in [0.1, 0.15) is 5.56 Å². The molecule has 0 aliphatic carbocycles. The van der Waals surface area contributed by atoms with Gasteiger partial charge in [-0.15, -0.1) is 6.58 Å². The number of pyridine rings is 1. The SMILES string of the molecule is C=CCNC(=O)c1cc([N+](=O)[O-])c[nH]c1=O. The van der Waals surface area contributed by atoms with Crippen LogP contribution in [0.4, 0.5) is 5.69 Å². The lowest BCUT2D eigenvalue weighted by molar-refractivity contribution is -0.385. The van der Waals surface area contributed by atoms with E-state index in [0.717, 1.165) is 12.3 Å². The van der Waals surface area contributed by atoms with Gasteiger partial charge in [-0.05, 0) is 0 Å². The van der Waals surface area contributed by atoms with Gasteiger partial charge in [-0.2, -0.15) is 0 Å². The van der Waals surface area contributed by atoms with Crippen molar-refractivity contribution in [2.75, 3.05) is 6.54 Å². The van der Waals surface area contributed by atoms with Crippen LogP contribution in [0.15, 0.2) is 29.7 Å². The second-order valence-corrected chi connectivity index (χ2v) is 2.86. The number of nitrogens with one attached hydrogen (secondary N) is 2. The average Bonchev–Trinajstić information content (AvgIpc) is 2.26. The summed E-state index contributed by atoms with van der Waals surface area (Å²) in [5.74, 6) is -0.676. The Morgan fingerprint density at radius 3 is 2.94 bits per heavy atom. The molecule has 0 unspecified atom stereocenters. The third-order valence-corrected chi connectivity index (χ3v) is 1.75. The predicted octanol–water partition coefficient (Wildman–Crippen LogP) is 0.199. The molecular formula is C9H9N3O4. The monoisotopic (exact) mass is 223 g/mol. The quantitative estimate of drug-likeness (QED) is 0.432. The number of aromatic nitrogens is 1. The van der Waals surface area contributed by atoms with Crippen molar-refractivity contribution in [1.29, 1.82) is 0 Å². The zero-order chi connectivity index (χ0) is 12.1. The lowest BCUT2D eigenvalue weighted by atomic mass is 10.2. The molecule has 1 amide bonds. The second-order valence-electron chi connectivity index (χ2n) is 2.86. The third-order valence-electron chi connectivity index (χ3n) is 1.75. The number of amides is 1. The summed E-state index contributed by atoms with van der Waals surface area (Å²) in [6, 6.07) is 0.928. The number of nitrogens with zero attached hydrogens (tertiary/aromatic N) is 1. The molecule has 84 valence electrons. The van der Waals surface area contributed by atoms with Crippen molar-refractivity contribution in [2.45, 2.75) is 0 Å². The third kappa shape index (κ3) is 2.53. The minimum atomic E-state index is -0.694. The van der Waals surface area contributed by atoms with Crippen molar-refractivity contribution >= 4 is 11.6 Å². The van der Waals surface area contributed by atoms with Gasteiger partial charge in [-0.25, -0.2) is 0 Å². The summed E-state index contributed by atoms with van der Waals surface area (Å²) in [6.45, 7) is 3.57. The van der Waals surface area contributed by atoms with E-state index in [1.54, 1.807) is 0 Å². The van der Waals surface area contributed by atoms with Gasteiger partial charge in [0.05, 0.1) is 11.1 Å². The molecule has 0 fully saturated rings. The molecule has 1 aromatic rings. The lowest BCUT2D eigenvalue weighted by Crippen LogP contribution is -2.29. The zero-order valence-electron chi connectivity index (χ0n) is 8.23. The van der Waals surface area contributed by atoms with E-state index in [1.807, 2.05) is 0 Å². The van der Waals surface area contributed by atoms with E-state index in [1.165, 1.54) is 6.08 Å². The highest BCUT2D eigenvalue weighted by Gasteiger charge is 2.15. The van der Waals surface area contributed by atoms with Crippen molar-refractivity contribution < 1.29 is 9.72 Å². The van der Waals surface area contributed by atoms with Crippen LogP contribution in [-0.2, 0) is 0 Å². The minimum absolute atomic E-state index is 0.182. The van der Waals surface area contributed by atoms with Crippen molar-refractivity contribution in [1.82, 2.24) is 10.3 Å². The number of hydrogen-bond donors (Lipinski definition) is 2. The molecule has 2 N–H and O–H groups in total. The molecule has 0 aromatic carbocycles. The van der Waals surface area contributed by atoms with Crippen LogP contribution in [0.1, 0.15) is 10.4 Å². The first kappa shape index (κ1) is 11.6. The Morgan fingerprint density at radius 2 is 2.38 bits per heavy atom. The van der Waals surface area contributed by atoms with E-state index in [4.69, 9.17) is 0 Å². The maximum absolute atomic E-state index is 11.4.